The van der Waals surface area contributed by atoms with Crippen LogP contribution in [0.4, 0.5) is 0 Å². The number of ether oxygens (including phenoxy) is 1. The fraction of sp³-hybridized carbons (Fsp3) is 0.455. The summed E-state index contributed by atoms with van der Waals surface area (Å²) in [7, 11) is 0. The smallest absolute Gasteiger partial charge is 0.0603 e. The molecule has 0 radical (unpaired) electrons. The Morgan fingerprint density at radius 3 is 2.81 bits per heavy atom. The molecule has 1 saturated heterocycles. The van der Waals surface area contributed by atoms with Crippen LogP contribution in [0.5, 0.6) is 0 Å². The maximum atomic E-state index is 6.03. The van der Waals surface area contributed by atoms with Crippen molar-refractivity contribution in [1.82, 2.24) is 0 Å². The van der Waals surface area contributed by atoms with Crippen molar-refractivity contribution < 1.29 is 4.74 Å². The first-order valence-electron chi connectivity index (χ1n) is 5.12. The second kappa shape index (κ2) is 5.61. The van der Waals surface area contributed by atoms with Crippen LogP contribution in [0.2, 0.25) is 10.0 Å². The molecule has 1 heterocycles. The third-order valence-electron chi connectivity index (χ3n) is 2.53. The van der Waals surface area contributed by atoms with Gasteiger partial charge in [0.25, 0.3) is 0 Å². The number of thioether (sulfide) groups is 1. The SMILES string of the molecule is NC1CCOCC1Sc1ccc(Cl)c(Cl)c1. The molecule has 1 fully saturated rings. The van der Waals surface area contributed by atoms with Gasteiger partial charge in [0.2, 0.25) is 0 Å². The second-order valence-corrected chi connectivity index (χ2v) is 5.89. The van der Waals surface area contributed by atoms with Gasteiger partial charge in [-0.3, -0.25) is 0 Å². The predicted molar refractivity (Wildman–Crippen MR) is 69.5 cm³/mol. The van der Waals surface area contributed by atoms with Gasteiger partial charge in [-0.05, 0) is 24.6 Å². The Morgan fingerprint density at radius 1 is 1.31 bits per heavy atom. The van der Waals surface area contributed by atoms with Crippen molar-refractivity contribution in [3.05, 3.63) is 28.2 Å². The van der Waals surface area contributed by atoms with Gasteiger partial charge < -0.3 is 10.5 Å². The zero-order valence-corrected chi connectivity index (χ0v) is 11.0. The van der Waals surface area contributed by atoms with E-state index < -0.39 is 0 Å². The Balaban J connectivity index is 2.05. The summed E-state index contributed by atoms with van der Waals surface area (Å²) in [5.74, 6) is 0. The van der Waals surface area contributed by atoms with Gasteiger partial charge >= 0.3 is 0 Å². The maximum Gasteiger partial charge on any atom is 0.0603 e. The Morgan fingerprint density at radius 2 is 2.12 bits per heavy atom. The largest absolute Gasteiger partial charge is 0.380 e. The fourth-order valence-corrected chi connectivity index (χ4v) is 3.09. The Labute approximate surface area is 109 Å². The van der Waals surface area contributed by atoms with Gasteiger partial charge in [-0.1, -0.05) is 23.2 Å². The summed E-state index contributed by atoms with van der Waals surface area (Å²) in [5, 5.41) is 1.46. The van der Waals surface area contributed by atoms with Crippen LogP contribution in [0.1, 0.15) is 6.42 Å². The number of hydrogen-bond donors (Lipinski definition) is 1. The van der Waals surface area contributed by atoms with Crippen molar-refractivity contribution in [3.63, 3.8) is 0 Å². The fourth-order valence-electron chi connectivity index (χ4n) is 1.57. The van der Waals surface area contributed by atoms with Crippen molar-refractivity contribution in [2.75, 3.05) is 13.2 Å². The lowest BCUT2D eigenvalue weighted by atomic mass is 10.1. The lowest BCUT2D eigenvalue weighted by molar-refractivity contribution is 0.0916. The van der Waals surface area contributed by atoms with Gasteiger partial charge in [0.15, 0.2) is 0 Å². The zero-order chi connectivity index (χ0) is 11.5. The minimum absolute atomic E-state index is 0.188. The van der Waals surface area contributed by atoms with Gasteiger partial charge in [0.05, 0.1) is 16.7 Å². The number of rotatable bonds is 2. The normalized spacial score (nSPS) is 25.7. The predicted octanol–water partition coefficient (Wildman–Crippen LogP) is 3.20. The van der Waals surface area contributed by atoms with Crippen molar-refractivity contribution >= 4 is 35.0 Å². The Hall–Kier alpha value is 0.0700. The Kier molecular flexibility index (Phi) is 4.39. The minimum Gasteiger partial charge on any atom is -0.380 e. The number of nitrogens with two attached hydrogens (primary N) is 1. The lowest BCUT2D eigenvalue weighted by Crippen LogP contribution is -2.40. The van der Waals surface area contributed by atoms with E-state index in [1.54, 1.807) is 17.8 Å². The number of halogens is 2. The van der Waals surface area contributed by atoms with Gasteiger partial charge in [0, 0.05) is 22.8 Å². The van der Waals surface area contributed by atoms with Crippen LogP contribution in [0.15, 0.2) is 23.1 Å². The molecule has 2 atom stereocenters. The van der Waals surface area contributed by atoms with E-state index in [1.807, 2.05) is 12.1 Å². The van der Waals surface area contributed by atoms with Crippen LogP contribution < -0.4 is 5.73 Å². The van der Waals surface area contributed by atoms with Crippen LogP contribution in [0.3, 0.4) is 0 Å². The molecule has 0 aliphatic carbocycles. The highest BCUT2D eigenvalue weighted by molar-refractivity contribution is 8.00. The van der Waals surface area contributed by atoms with Gasteiger partial charge in [-0.2, -0.15) is 0 Å². The maximum absolute atomic E-state index is 6.03. The van der Waals surface area contributed by atoms with Crippen LogP contribution in [-0.2, 0) is 4.74 Å². The molecular formula is C11H13Cl2NOS. The summed E-state index contributed by atoms with van der Waals surface area (Å²) in [5.41, 5.74) is 6.03. The molecule has 0 saturated carbocycles. The van der Waals surface area contributed by atoms with Crippen LogP contribution in [0, 0.1) is 0 Å². The first kappa shape index (κ1) is 12.5. The molecule has 2 N–H and O–H groups in total. The number of hydrogen-bond acceptors (Lipinski definition) is 3. The third kappa shape index (κ3) is 3.05. The molecular weight excluding hydrogens is 265 g/mol. The highest BCUT2D eigenvalue weighted by Gasteiger charge is 2.23. The Bertz CT molecular complexity index is 375. The standard InChI is InChI=1S/C11H13Cl2NOS/c12-8-2-1-7(5-9(8)13)16-11-6-15-4-3-10(11)14/h1-2,5,10-11H,3-4,6,14H2. The average Bonchev–Trinajstić information content (AvgIpc) is 2.27. The molecule has 1 aromatic rings. The lowest BCUT2D eigenvalue weighted by Gasteiger charge is -2.28. The summed E-state index contributed by atoms with van der Waals surface area (Å²) < 4.78 is 5.42. The summed E-state index contributed by atoms with van der Waals surface area (Å²) in [4.78, 5) is 1.08. The molecule has 2 unspecified atom stereocenters. The van der Waals surface area contributed by atoms with Gasteiger partial charge in [-0.25, -0.2) is 0 Å². The van der Waals surface area contributed by atoms with E-state index in [4.69, 9.17) is 33.7 Å². The molecule has 88 valence electrons. The summed E-state index contributed by atoms with van der Waals surface area (Å²) in [6.07, 6.45) is 0.916. The van der Waals surface area contributed by atoms with Gasteiger partial charge in [-0.15, -0.1) is 11.8 Å². The highest BCUT2D eigenvalue weighted by atomic mass is 35.5. The van der Waals surface area contributed by atoms with Crippen LogP contribution >= 0.6 is 35.0 Å². The van der Waals surface area contributed by atoms with E-state index in [2.05, 4.69) is 0 Å². The summed E-state index contributed by atoms with van der Waals surface area (Å²) in [6, 6.07) is 5.82. The zero-order valence-electron chi connectivity index (χ0n) is 8.66. The van der Waals surface area contributed by atoms with Crippen molar-refractivity contribution in [2.45, 2.75) is 22.6 Å². The molecule has 0 amide bonds. The number of benzene rings is 1. The van der Waals surface area contributed by atoms with Crippen LogP contribution in [-0.4, -0.2) is 24.5 Å². The summed E-state index contributed by atoms with van der Waals surface area (Å²) in [6.45, 7) is 1.46. The molecule has 2 rings (SSSR count). The quantitative estimate of drug-likeness (QED) is 0.902. The molecule has 5 heteroatoms. The molecule has 0 bridgehead atoms. The minimum atomic E-state index is 0.188. The molecule has 1 aliphatic heterocycles. The molecule has 1 aliphatic rings. The highest BCUT2D eigenvalue weighted by Crippen LogP contribution is 2.32. The van der Waals surface area contributed by atoms with E-state index in [1.165, 1.54) is 0 Å². The molecule has 1 aromatic carbocycles. The molecule has 0 spiro atoms. The molecule has 0 aromatic heterocycles. The van der Waals surface area contributed by atoms with E-state index in [9.17, 15) is 0 Å². The molecule has 2 nitrogen and oxygen atoms in total. The van der Waals surface area contributed by atoms with E-state index in [0.717, 1.165) is 17.9 Å². The van der Waals surface area contributed by atoms with Crippen LogP contribution in [0.25, 0.3) is 0 Å². The van der Waals surface area contributed by atoms with Crippen molar-refractivity contribution in [1.29, 1.82) is 0 Å². The first-order chi connectivity index (χ1) is 7.66. The van der Waals surface area contributed by atoms with Crippen molar-refractivity contribution in [2.24, 2.45) is 5.73 Å². The topological polar surface area (TPSA) is 35.2 Å². The van der Waals surface area contributed by atoms with E-state index in [-0.39, 0.29) is 6.04 Å². The monoisotopic (exact) mass is 277 g/mol. The third-order valence-corrected chi connectivity index (χ3v) is 4.59. The van der Waals surface area contributed by atoms with E-state index >= 15 is 0 Å². The average molecular weight is 278 g/mol. The van der Waals surface area contributed by atoms with Gasteiger partial charge in [0.1, 0.15) is 0 Å². The summed E-state index contributed by atoms with van der Waals surface area (Å²) >= 11 is 13.5. The van der Waals surface area contributed by atoms with Crippen molar-refractivity contribution in [3.8, 4) is 0 Å². The second-order valence-electron chi connectivity index (χ2n) is 3.76. The first-order valence-corrected chi connectivity index (χ1v) is 6.75. The molecule has 16 heavy (non-hydrogen) atoms. The van der Waals surface area contributed by atoms with E-state index in [0.29, 0.717) is 21.9 Å².